The molecule has 0 fully saturated rings. The molecule has 1 aromatic rings. The number of benzene rings is 1. The first-order valence-corrected chi connectivity index (χ1v) is 7.74. The molecule has 0 saturated carbocycles. The van der Waals surface area contributed by atoms with E-state index in [1.54, 1.807) is 6.92 Å². The first-order chi connectivity index (χ1) is 7.87. The van der Waals surface area contributed by atoms with Gasteiger partial charge in [-0.1, -0.05) is 37.3 Å². The summed E-state index contributed by atoms with van der Waals surface area (Å²) in [5.41, 5.74) is 6.81. The quantitative estimate of drug-likeness (QED) is 0.846. The monoisotopic (exact) mass is 255 g/mol. The second kappa shape index (κ2) is 5.65. The molecule has 3 nitrogen and oxygen atoms in total. The normalized spacial score (nSPS) is 15.5. The van der Waals surface area contributed by atoms with E-state index in [9.17, 15) is 8.42 Å². The third kappa shape index (κ3) is 4.48. The van der Waals surface area contributed by atoms with Crippen LogP contribution in [-0.4, -0.2) is 19.9 Å². The number of hydrogen-bond donors (Lipinski definition) is 1. The predicted octanol–water partition coefficient (Wildman–Crippen LogP) is 2.08. The van der Waals surface area contributed by atoms with Crippen molar-refractivity contribution in [3.8, 4) is 0 Å². The zero-order chi connectivity index (χ0) is 12.9. The third-order valence-electron chi connectivity index (χ3n) is 3.02. The maximum absolute atomic E-state index is 11.4. The molecule has 0 aliphatic carbocycles. The van der Waals surface area contributed by atoms with Crippen molar-refractivity contribution in [1.29, 1.82) is 0 Å². The second-order valence-corrected chi connectivity index (χ2v) is 7.10. The number of nitrogens with two attached hydrogens (primary N) is 1. The molecule has 2 N–H and O–H groups in total. The molecule has 0 radical (unpaired) electrons. The van der Waals surface area contributed by atoms with E-state index in [2.05, 4.69) is 0 Å². The average molecular weight is 255 g/mol. The molecular weight excluding hydrogens is 234 g/mol. The Labute approximate surface area is 104 Å². The summed E-state index contributed by atoms with van der Waals surface area (Å²) in [6.45, 7) is 3.62. The van der Waals surface area contributed by atoms with Gasteiger partial charge in [-0.15, -0.1) is 0 Å². The summed E-state index contributed by atoms with van der Waals surface area (Å²) in [6, 6.07) is 9.80. The zero-order valence-corrected chi connectivity index (χ0v) is 11.3. The summed E-state index contributed by atoms with van der Waals surface area (Å²) in [5.74, 6) is 0.433. The van der Waals surface area contributed by atoms with E-state index in [0.29, 0.717) is 12.8 Å². The van der Waals surface area contributed by atoms with E-state index >= 15 is 0 Å². The van der Waals surface area contributed by atoms with Crippen LogP contribution in [0.3, 0.4) is 0 Å². The van der Waals surface area contributed by atoms with Crippen molar-refractivity contribution in [3.63, 3.8) is 0 Å². The lowest BCUT2D eigenvalue weighted by atomic mass is 9.89. The summed E-state index contributed by atoms with van der Waals surface area (Å²) >= 11 is 0. The molecule has 0 amide bonds. The Hall–Kier alpha value is -0.870. The van der Waals surface area contributed by atoms with Crippen molar-refractivity contribution in [2.45, 2.75) is 32.2 Å². The summed E-state index contributed by atoms with van der Waals surface area (Å²) in [6.07, 6.45) is 1.29. The van der Waals surface area contributed by atoms with E-state index in [0.717, 1.165) is 5.56 Å². The number of rotatable bonds is 6. The van der Waals surface area contributed by atoms with Gasteiger partial charge in [0.15, 0.2) is 0 Å². The molecule has 0 aliphatic rings. The molecule has 4 heteroatoms. The van der Waals surface area contributed by atoms with Crippen LogP contribution in [0.2, 0.25) is 0 Å². The Morgan fingerprint density at radius 2 is 1.82 bits per heavy atom. The molecular formula is C13H21NO2S. The molecule has 1 atom stereocenters. The van der Waals surface area contributed by atoms with Crippen molar-refractivity contribution in [1.82, 2.24) is 0 Å². The lowest BCUT2D eigenvalue weighted by Crippen LogP contribution is -2.33. The first-order valence-electron chi connectivity index (χ1n) is 5.92. The van der Waals surface area contributed by atoms with Crippen LogP contribution in [0.4, 0.5) is 0 Å². The highest BCUT2D eigenvalue weighted by molar-refractivity contribution is 7.91. The van der Waals surface area contributed by atoms with Gasteiger partial charge in [0.2, 0.25) is 0 Å². The maximum atomic E-state index is 11.4. The topological polar surface area (TPSA) is 60.2 Å². The van der Waals surface area contributed by atoms with Crippen molar-refractivity contribution in [3.05, 3.63) is 35.9 Å². The molecule has 0 saturated heterocycles. The standard InChI is InChI=1S/C13H21NO2S/c1-3-17(15,16)11-7-10-13(2,14)12-8-5-4-6-9-12/h4-6,8-9H,3,7,10-11,14H2,1-2H3. The molecule has 1 unspecified atom stereocenters. The third-order valence-corrected chi connectivity index (χ3v) is 4.81. The van der Waals surface area contributed by atoms with Gasteiger partial charge in [-0.3, -0.25) is 0 Å². The van der Waals surface area contributed by atoms with Crippen LogP contribution in [0.15, 0.2) is 30.3 Å². The van der Waals surface area contributed by atoms with Gasteiger partial charge in [0, 0.05) is 11.3 Å². The average Bonchev–Trinajstić information content (AvgIpc) is 2.30. The molecule has 17 heavy (non-hydrogen) atoms. The minimum Gasteiger partial charge on any atom is -0.322 e. The molecule has 1 rings (SSSR count). The van der Waals surface area contributed by atoms with Crippen LogP contribution in [0.1, 0.15) is 32.3 Å². The highest BCUT2D eigenvalue weighted by Gasteiger charge is 2.21. The minimum absolute atomic E-state index is 0.208. The molecule has 0 bridgehead atoms. The van der Waals surface area contributed by atoms with Crippen LogP contribution in [0.5, 0.6) is 0 Å². The van der Waals surface area contributed by atoms with Crippen molar-refractivity contribution in [2.75, 3.05) is 11.5 Å². The summed E-state index contributed by atoms with van der Waals surface area (Å²) in [4.78, 5) is 0. The Kier molecular flexibility index (Phi) is 4.71. The largest absolute Gasteiger partial charge is 0.322 e. The molecule has 96 valence electrons. The Bertz CT molecular complexity index is 438. The highest BCUT2D eigenvalue weighted by Crippen LogP contribution is 2.23. The first kappa shape index (κ1) is 14.2. The van der Waals surface area contributed by atoms with Crippen LogP contribution >= 0.6 is 0 Å². The summed E-state index contributed by atoms with van der Waals surface area (Å²) in [5, 5.41) is 0. The van der Waals surface area contributed by atoms with Gasteiger partial charge in [0.1, 0.15) is 9.84 Å². The van der Waals surface area contributed by atoms with E-state index < -0.39 is 15.4 Å². The maximum Gasteiger partial charge on any atom is 0.150 e. The molecule has 0 aliphatic heterocycles. The number of sulfone groups is 1. The van der Waals surface area contributed by atoms with Crippen molar-refractivity contribution < 1.29 is 8.42 Å². The Morgan fingerprint density at radius 1 is 1.24 bits per heavy atom. The van der Waals surface area contributed by atoms with Crippen LogP contribution in [-0.2, 0) is 15.4 Å². The smallest absolute Gasteiger partial charge is 0.150 e. The molecule has 1 aromatic carbocycles. The van der Waals surface area contributed by atoms with E-state index in [1.165, 1.54) is 0 Å². The van der Waals surface area contributed by atoms with Gasteiger partial charge in [0.25, 0.3) is 0 Å². The van der Waals surface area contributed by atoms with Crippen molar-refractivity contribution in [2.24, 2.45) is 5.73 Å². The Morgan fingerprint density at radius 3 is 2.35 bits per heavy atom. The van der Waals surface area contributed by atoms with Gasteiger partial charge in [-0.2, -0.15) is 0 Å². The van der Waals surface area contributed by atoms with E-state index in [-0.39, 0.29) is 11.5 Å². The fourth-order valence-electron chi connectivity index (χ4n) is 1.77. The van der Waals surface area contributed by atoms with Crippen LogP contribution in [0, 0.1) is 0 Å². The lowest BCUT2D eigenvalue weighted by molar-refractivity contribution is 0.446. The Balaban J connectivity index is 2.57. The lowest BCUT2D eigenvalue weighted by Gasteiger charge is -2.25. The van der Waals surface area contributed by atoms with E-state index in [1.807, 2.05) is 37.3 Å². The summed E-state index contributed by atoms with van der Waals surface area (Å²) < 4.78 is 22.8. The second-order valence-electron chi connectivity index (χ2n) is 4.62. The van der Waals surface area contributed by atoms with Gasteiger partial charge in [-0.05, 0) is 25.3 Å². The summed E-state index contributed by atoms with van der Waals surface area (Å²) in [7, 11) is -2.88. The van der Waals surface area contributed by atoms with Gasteiger partial charge in [-0.25, -0.2) is 8.42 Å². The number of hydrogen-bond acceptors (Lipinski definition) is 3. The van der Waals surface area contributed by atoms with Gasteiger partial charge in [0.05, 0.1) is 5.75 Å². The molecule has 0 aromatic heterocycles. The SMILES string of the molecule is CCS(=O)(=O)CCCC(C)(N)c1ccccc1. The molecule has 0 spiro atoms. The van der Waals surface area contributed by atoms with Crippen molar-refractivity contribution >= 4 is 9.84 Å². The fourth-order valence-corrected chi connectivity index (χ4v) is 2.64. The van der Waals surface area contributed by atoms with Crippen LogP contribution in [0.25, 0.3) is 0 Å². The zero-order valence-electron chi connectivity index (χ0n) is 10.5. The van der Waals surface area contributed by atoms with Gasteiger partial charge < -0.3 is 5.73 Å². The highest BCUT2D eigenvalue weighted by atomic mass is 32.2. The fraction of sp³-hybridized carbons (Fsp3) is 0.538. The van der Waals surface area contributed by atoms with E-state index in [4.69, 9.17) is 5.73 Å². The predicted molar refractivity (Wildman–Crippen MR) is 71.5 cm³/mol. The van der Waals surface area contributed by atoms with Crippen LogP contribution < -0.4 is 5.73 Å². The van der Waals surface area contributed by atoms with Gasteiger partial charge >= 0.3 is 0 Å². The molecule has 0 heterocycles. The minimum atomic E-state index is -2.88.